The summed E-state index contributed by atoms with van der Waals surface area (Å²) in [6, 6.07) is 25.8. The van der Waals surface area contributed by atoms with Crippen molar-refractivity contribution < 1.29 is 4.79 Å². The van der Waals surface area contributed by atoms with Gasteiger partial charge in [0.25, 0.3) is 11.5 Å². The molecule has 154 valence electrons. The normalized spacial score (nSPS) is 10.7. The first kappa shape index (κ1) is 20.3. The maximum absolute atomic E-state index is 12.8. The van der Waals surface area contributed by atoms with E-state index in [2.05, 4.69) is 39.6 Å². The molecular formula is C26H23N3O2. The summed E-state index contributed by atoms with van der Waals surface area (Å²) in [5.41, 5.74) is 3.73. The van der Waals surface area contributed by atoms with Crippen LogP contribution in [-0.4, -0.2) is 22.4 Å². The molecule has 0 fully saturated rings. The number of amides is 1. The van der Waals surface area contributed by atoms with Crippen LogP contribution in [-0.2, 0) is 0 Å². The van der Waals surface area contributed by atoms with Crippen molar-refractivity contribution in [2.24, 2.45) is 0 Å². The summed E-state index contributed by atoms with van der Waals surface area (Å²) in [6.45, 7) is 0.451. The molecule has 2 heterocycles. The van der Waals surface area contributed by atoms with Crippen molar-refractivity contribution in [2.75, 3.05) is 6.54 Å². The van der Waals surface area contributed by atoms with Crippen LogP contribution in [0, 0.1) is 0 Å². The largest absolute Gasteiger partial charge is 0.352 e. The lowest BCUT2D eigenvalue weighted by atomic mass is 9.88. The zero-order valence-corrected chi connectivity index (χ0v) is 17.0. The predicted molar refractivity (Wildman–Crippen MR) is 122 cm³/mol. The van der Waals surface area contributed by atoms with Crippen molar-refractivity contribution in [3.63, 3.8) is 0 Å². The summed E-state index contributed by atoms with van der Waals surface area (Å²) in [6.07, 6.45) is 5.68. The molecule has 0 radical (unpaired) electrons. The summed E-state index contributed by atoms with van der Waals surface area (Å²) >= 11 is 0. The number of hydrogen-bond donors (Lipinski definition) is 2. The number of aromatic nitrogens is 2. The monoisotopic (exact) mass is 409 g/mol. The molecule has 2 aromatic carbocycles. The molecule has 0 aliphatic heterocycles. The Balaban J connectivity index is 1.48. The number of pyridine rings is 2. The molecule has 0 atom stereocenters. The Labute approximate surface area is 180 Å². The summed E-state index contributed by atoms with van der Waals surface area (Å²) in [4.78, 5) is 31.7. The first-order valence-electron chi connectivity index (χ1n) is 10.2. The molecule has 0 bridgehead atoms. The van der Waals surface area contributed by atoms with Crippen LogP contribution in [0.3, 0.4) is 0 Å². The lowest BCUT2D eigenvalue weighted by Gasteiger charge is -2.18. The highest BCUT2D eigenvalue weighted by molar-refractivity contribution is 5.94. The van der Waals surface area contributed by atoms with E-state index in [0.29, 0.717) is 6.54 Å². The second-order valence-electron chi connectivity index (χ2n) is 7.29. The second kappa shape index (κ2) is 9.67. The van der Waals surface area contributed by atoms with Crippen LogP contribution < -0.4 is 10.9 Å². The zero-order valence-electron chi connectivity index (χ0n) is 17.0. The minimum atomic E-state index is -0.405. The molecule has 0 saturated carbocycles. The second-order valence-corrected chi connectivity index (χ2v) is 7.29. The highest BCUT2D eigenvalue weighted by Crippen LogP contribution is 2.27. The SMILES string of the molecule is O=C(NCCC(c1ccccc1)c1ccccc1)c1cc(-c2ccncc2)c[nH]c1=O. The number of benzene rings is 2. The Morgan fingerprint density at radius 2 is 1.48 bits per heavy atom. The van der Waals surface area contributed by atoms with E-state index in [-0.39, 0.29) is 17.4 Å². The first-order chi connectivity index (χ1) is 15.2. The lowest BCUT2D eigenvalue weighted by molar-refractivity contribution is 0.0951. The molecule has 0 aliphatic rings. The maximum atomic E-state index is 12.8. The number of aromatic amines is 1. The van der Waals surface area contributed by atoms with E-state index in [1.54, 1.807) is 24.7 Å². The third-order valence-corrected chi connectivity index (χ3v) is 5.28. The van der Waals surface area contributed by atoms with Crippen molar-refractivity contribution in [1.29, 1.82) is 0 Å². The van der Waals surface area contributed by atoms with Gasteiger partial charge in [0.2, 0.25) is 0 Å². The molecule has 4 aromatic rings. The molecule has 4 rings (SSSR count). The standard InChI is InChI=1S/C26H23N3O2/c30-25(24-17-22(18-29-26(24)31)19-11-14-27-15-12-19)28-16-13-23(20-7-3-1-4-8-20)21-9-5-2-6-10-21/h1-12,14-15,17-18,23H,13,16H2,(H,28,30)(H,29,31). The van der Waals surface area contributed by atoms with Gasteiger partial charge in [0.05, 0.1) is 0 Å². The van der Waals surface area contributed by atoms with Gasteiger partial charge in [-0.15, -0.1) is 0 Å². The summed E-state index contributed by atoms with van der Waals surface area (Å²) in [7, 11) is 0. The highest BCUT2D eigenvalue weighted by Gasteiger charge is 2.16. The number of nitrogens with one attached hydrogen (secondary N) is 2. The van der Waals surface area contributed by atoms with Gasteiger partial charge in [-0.05, 0) is 46.9 Å². The number of carbonyl (C=O) groups is 1. The van der Waals surface area contributed by atoms with E-state index < -0.39 is 5.56 Å². The zero-order chi connectivity index (χ0) is 21.5. The number of nitrogens with zero attached hydrogens (tertiary/aromatic N) is 1. The van der Waals surface area contributed by atoms with Gasteiger partial charge in [-0.3, -0.25) is 14.6 Å². The minimum Gasteiger partial charge on any atom is -0.352 e. The van der Waals surface area contributed by atoms with Gasteiger partial charge in [0, 0.05) is 31.1 Å². The average Bonchev–Trinajstić information content (AvgIpc) is 2.83. The van der Waals surface area contributed by atoms with Gasteiger partial charge in [-0.25, -0.2) is 0 Å². The Hall–Kier alpha value is -3.99. The van der Waals surface area contributed by atoms with Gasteiger partial charge >= 0.3 is 0 Å². The Morgan fingerprint density at radius 3 is 2.10 bits per heavy atom. The topological polar surface area (TPSA) is 74.8 Å². The quantitative estimate of drug-likeness (QED) is 0.475. The molecule has 0 aliphatic carbocycles. The number of H-pyrrole nitrogens is 1. The molecule has 0 unspecified atom stereocenters. The van der Waals surface area contributed by atoms with E-state index >= 15 is 0 Å². The molecule has 5 nitrogen and oxygen atoms in total. The number of hydrogen-bond acceptors (Lipinski definition) is 3. The van der Waals surface area contributed by atoms with Crippen LogP contribution >= 0.6 is 0 Å². The Kier molecular flexibility index (Phi) is 6.33. The van der Waals surface area contributed by atoms with Crippen molar-refractivity contribution >= 4 is 5.91 Å². The van der Waals surface area contributed by atoms with Crippen LogP contribution in [0.25, 0.3) is 11.1 Å². The van der Waals surface area contributed by atoms with Crippen molar-refractivity contribution in [3.8, 4) is 11.1 Å². The molecule has 2 N–H and O–H groups in total. The molecular weight excluding hydrogens is 386 g/mol. The fourth-order valence-electron chi connectivity index (χ4n) is 3.69. The van der Waals surface area contributed by atoms with Crippen LogP contribution in [0.2, 0.25) is 0 Å². The molecule has 2 aromatic heterocycles. The third kappa shape index (κ3) is 4.95. The minimum absolute atomic E-state index is 0.102. The molecule has 31 heavy (non-hydrogen) atoms. The van der Waals surface area contributed by atoms with Gasteiger partial charge in [0.15, 0.2) is 0 Å². The van der Waals surface area contributed by atoms with E-state index in [0.717, 1.165) is 17.5 Å². The fraction of sp³-hybridized carbons (Fsp3) is 0.115. The molecule has 0 saturated heterocycles. The van der Waals surface area contributed by atoms with E-state index in [9.17, 15) is 9.59 Å². The fourth-order valence-corrected chi connectivity index (χ4v) is 3.69. The molecule has 0 spiro atoms. The van der Waals surface area contributed by atoms with Crippen LogP contribution in [0.15, 0.2) is 102 Å². The summed E-state index contributed by atoms with van der Waals surface area (Å²) in [5.74, 6) is -0.221. The Morgan fingerprint density at radius 1 is 0.871 bits per heavy atom. The molecule has 1 amide bonds. The highest BCUT2D eigenvalue weighted by atomic mass is 16.2. The molecule has 5 heteroatoms. The smallest absolute Gasteiger partial charge is 0.260 e. The third-order valence-electron chi connectivity index (χ3n) is 5.28. The van der Waals surface area contributed by atoms with Gasteiger partial charge in [-0.1, -0.05) is 60.7 Å². The van der Waals surface area contributed by atoms with E-state index in [4.69, 9.17) is 0 Å². The predicted octanol–water partition coefficient (Wildman–Crippen LogP) is 4.39. The number of carbonyl (C=O) groups excluding carboxylic acids is 1. The van der Waals surface area contributed by atoms with Crippen molar-refractivity contribution in [2.45, 2.75) is 12.3 Å². The van der Waals surface area contributed by atoms with Crippen molar-refractivity contribution in [3.05, 3.63) is 124 Å². The Bertz CT molecular complexity index is 1150. The lowest BCUT2D eigenvalue weighted by Crippen LogP contribution is -2.31. The van der Waals surface area contributed by atoms with E-state index in [1.807, 2.05) is 48.5 Å². The maximum Gasteiger partial charge on any atom is 0.260 e. The van der Waals surface area contributed by atoms with E-state index in [1.165, 1.54) is 11.1 Å². The van der Waals surface area contributed by atoms with Crippen LogP contribution in [0.5, 0.6) is 0 Å². The number of rotatable bonds is 7. The van der Waals surface area contributed by atoms with Crippen LogP contribution in [0.1, 0.15) is 33.8 Å². The van der Waals surface area contributed by atoms with Gasteiger partial charge < -0.3 is 10.3 Å². The van der Waals surface area contributed by atoms with Crippen molar-refractivity contribution in [1.82, 2.24) is 15.3 Å². The average molecular weight is 409 g/mol. The van der Waals surface area contributed by atoms with Gasteiger partial charge in [-0.2, -0.15) is 0 Å². The van der Waals surface area contributed by atoms with Crippen LogP contribution in [0.4, 0.5) is 0 Å². The van der Waals surface area contributed by atoms with Gasteiger partial charge in [0.1, 0.15) is 5.56 Å². The summed E-state index contributed by atoms with van der Waals surface area (Å²) in [5, 5.41) is 2.92. The summed E-state index contributed by atoms with van der Waals surface area (Å²) < 4.78 is 0. The first-order valence-corrected chi connectivity index (χ1v) is 10.2.